The Morgan fingerprint density at radius 2 is 2.10 bits per heavy atom. The van der Waals surface area contributed by atoms with Crippen molar-refractivity contribution in [3.05, 3.63) is 58.7 Å². The minimum Gasteiger partial charge on any atom is -0.443 e. The first-order valence-corrected chi connectivity index (χ1v) is 9.69. The highest BCUT2D eigenvalue weighted by Crippen LogP contribution is 2.42. The molecule has 1 aliphatic rings. The van der Waals surface area contributed by atoms with Crippen molar-refractivity contribution in [2.24, 2.45) is 0 Å². The number of nitrogens with zero attached hydrogens (tertiary/aromatic N) is 5. The van der Waals surface area contributed by atoms with Crippen LogP contribution >= 0.6 is 11.6 Å². The normalized spacial score (nSPS) is 13.9. The van der Waals surface area contributed by atoms with Crippen LogP contribution in [-0.4, -0.2) is 26.3 Å². The lowest BCUT2D eigenvalue weighted by Crippen LogP contribution is -2.35. The van der Waals surface area contributed by atoms with E-state index in [0.717, 1.165) is 18.4 Å². The van der Waals surface area contributed by atoms with Gasteiger partial charge in [-0.1, -0.05) is 23.7 Å². The molecule has 0 N–H and O–H groups in total. The number of hydrogen-bond acceptors (Lipinski definition) is 4. The first kappa shape index (κ1) is 19.2. The van der Waals surface area contributed by atoms with Crippen molar-refractivity contribution in [1.29, 1.82) is 0 Å². The molecule has 1 aromatic carbocycles. The van der Waals surface area contributed by atoms with Crippen LogP contribution in [0.2, 0.25) is 5.15 Å². The summed E-state index contributed by atoms with van der Waals surface area (Å²) in [5.41, 5.74) is 1.84. The lowest BCUT2D eigenvalue weighted by Gasteiger charge is -2.28. The Hall–Kier alpha value is -3.11. The van der Waals surface area contributed by atoms with Crippen molar-refractivity contribution in [1.82, 2.24) is 14.6 Å². The van der Waals surface area contributed by atoms with Gasteiger partial charge in [0.15, 0.2) is 11.3 Å². The van der Waals surface area contributed by atoms with E-state index >= 15 is 0 Å². The molecule has 0 saturated heterocycles. The van der Waals surface area contributed by atoms with Gasteiger partial charge >= 0.3 is 6.09 Å². The third-order valence-electron chi connectivity index (χ3n) is 4.49. The van der Waals surface area contributed by atoms with Gasteiger partial charge in [-0.05, 0) is 51.7 Å². The zero-order chi connectivity index (χ0) is 20.8. The molecule has 1 saturated carbocycles. The number of amides is 1. The van der Waals surface area contributed by atoms with Gasteiger partial charge in [0.2, 0.25) is 0 Å². The number of aromatic nitrogens is 3. The molecule has 29 heavy (non-hydrogen) atoms. The van der Waals surface area contributed by atoms with Gasteiger partial charge in [0.1, 0.15) is 16.6 Å². The molecule has 3 aromatic rings. The zero-order valence-corrected chi connectivity index (χ0v) is 17.1. The van der Waals surface area contributed by atoms with E-state index in [4.69, 9.17) is 22.9 Å². The van der Waals surface area contributed by atoms with Crippen molar-refractivity contribution >= 4 is 40.5 Å². The van der Waals surface area contributed by atoms with Crippen LogP contribution in [0.25, 0.3) is 10.5 Å². The quantitative estimate of drug-likeness (QED) is 0.400. The minimum atomic E-state index is -0.702. The number of halogens is 1. The van der Waals surface area contributed by atoms with Crippen LogP contribution in [0.3, 0.4) is 0 Å². The van der Waals surface area contributed by atoms with Crippen LogP contribution in [0.5, 0.6) is 0 Å². The molecule has 8 heteroatoms. The maximum absolute atomic E-state index is 13.2. The second kappa shape index (κ2) is 7.05. The number of carbonyl (C=O) groups is 1. The van der Waals surface area contributed by atoms with Gasteiger partial charge in [0.25, 0.3) is 0 Å². The first-order valence-electron chi connectivity index (χ1n) is 9.31. The third-order valence-corrected chi connectivity index (χ3v) is 4.68. The van der Waals surface area contributed by atoms with Gasteiger partial charge in [0, 0.05) is 17.3 Å². The fraction of sp³-hybridized carbons (Fsp3) is 0.333. The first-order chi connectivity index (χ1) is 13.8. The standard InChI is InChI=1S/C21H20ClN5O2/c1-21(2,3)29-20(28)26(15-7-5-6-14(10-15)23-4)18-11-17(22)25-19-16(13-8-9-13)12-24-27(18)19/h5-7,10-13H,8-9H2,1-3H3. The lowest BCUT2D eigenvalue weighted by molar-refractivity contribution is 0.0597. The molecule has 1 amide bonds. The van der Waals surface area contributed by atoms with E-state index in [-0.39, 0.29) is 5.15 Å². The minimum absolute atomic E-state index is 0.254. The Morgan fingerprint density at radius 3 is 2.76 bits per heavy atom. The molecular formula is C21H20ClN5O2. The molecule has 2 aromatic heterocycles. The van der Waals surface area contributed by atoms with Crippen LogP contribution in [0.4, 0.5) is 22.0 Å². The summed E-state index contributed by atoms with van der Waals surface area (Å²) in [6, 6.07) is 8.34. The highest BCUT2D eigenvalue weighted by Gasteiger charge is 2.31. The summed E-state index contributed by atoms with van der Waals surface area (Å²) < 4.78 is 7.25. The summed E-state index contributed by atoms with van der Waals surface area (Å²) >= 11 is 6.33. The van der Waals surface area contributed by atoms with Crippen LogP contribution < -0.4 is 4.90 Å². The van der Waals surface area contributed by atoms with E-state index < -0.39 is 11.7 Å². The predicted octanol–water partition coefficient (Wildman–Crippen LogP) is 5.88. The Kier molecular flexibility index (Phi) is 4.67. The fourth-order valence-electron chi connectivity index (χ4n) is 3.12. The molecule has 2 heterocycles. The van der Waals surface area contributed by atoms with Gasteiger partial charge < -0.3 is 4.74 Å². The molecule has 4 rings (SSSR count). The molecule has 1 fully saturated rings. The average Bonchev–Trinajstić information content (AvgIpc) is 3.40. The largest absolute Gasteiger partial charge is 0.443 e. The van der Waals surface area contributed by atoms with E-state index in [1.807, 2.05) is 0 Å². The van der Waals surface area contributed by atoms with Crippen LogP contribution in [-0.2, 0) is 4.74 Å². The SMILES string of the molecule is [C-]#[N+]c1cccc(N(C(=O)OC(C)(C)C)c2cc(Cl)nc3c(C4CC4)cnn23)c1. The average molecular weight is 410 g/mol. The van der Waals surface area contributed by atoms with Gasteiger partial charge in [-0.15, -0.1) is 0 Å². The summed E-state index contributed by atoms with van der Waals surface area (Å²) in [7, 11) is 0. The number of anilines is 2. The van der Waals surface area contributed by atoms with E-state index in [2.05, 4.69) is 14.9 Å². The van der Waals surface area contributed by atoms with Gasteiger partial charge in [-0.25, -0.2) is 19.5 Å². The van der Waals surface area contributed by atoms with E-state index in [0.29, 0.717) is 28.8 Å². The molecule has 0 radical (unpaired) electrons. The Morgan fingerprint density at radius 1 is 1.34 bits per heavy atom. The zero-order valence-electron chi connectivity index (χ0n) is 16.4. The number of hydrogen-bond donors (Lipinski definition) is 0. The monoisotopic (exact) mass is 409 g/mol. The summed E-state index contributed by atoms with van der Waals surface area (Å²) in [6.45, 7) is 12.7. The lowest BCUT2D eigenvalue weighted by atomic mass is 10.2. The van der Waals surface area contributed by atoms with Crippen LogP contribution in [0.15, 0.2) is 36.5 Å². The van der Waals surface area contributed by atoms with Crippen molar-refractivity contribution in [3.8, 4) is 0 Å². The van der Waals surface area contributed by atoms with Crippen molar-refractivity contribution in [2.45, 2.75) is 45.1 Å². The third kappa shape index (κ3) is 3.89. The number of rotatable bonds is 3. The number of fused-ring (bicyclic) bond motifs is 1. The summed E-state index contributed by atoms with van der Waals surface area (Å²) in [5, 5.41) is 4.73. The van der Waals surface area contributed by atoms with Crippen molar-refractivity contribution in [2.75, 3.05) is 4.90 Å². The fourth-order valence-corrected chi connectivity index (χ4v) is 3.30. The second-order valence-corrected chi connectivity index (χ2v) is 8.38. The Labute approximate surface area is 173 Å². The molecule has 148 valence electrons. The highest BCUT2D eigenvalue weighted by atomic mass is 35.5. The molecule has 0 spiro atoms. The number of carbonyl (C=O) groups excluding carboxylic acids is 1. The topological polar surface area (TPSA) is 64.1 Å². The Balaban J connectivity index is 1.91. The molecule has 0 aliphatic heterocycles. The van der Waals surface area contributed by atoms with E-state index in [1.54, 1.807) is 61.8 Å². The molecule has 0 unspecified atom stereocenters. The summed E-state index contributed by atoms with van der Waals surface area (Å²) in [4.78, 5) is 22.5. The maximum atomic E-state index is 13.2. The molecular weight excluding hydrogens is 390 g/mol. The molecule has 1 aliphatic carbocycles. The Bertz CT molecular complexity index is 1140. The molecule has 0 bridgehead atoms. The second-order valence-electron chi connectivity index (χ2n) is 7.99. The van der Waals surface area contributed by atoms with Crippen LogP contribution in [0, 0.1) is 6.57 Å². The van der Waals surface area contributed by atoms with E-state index in [9.17, 15) is 4.79 Å². The van der Waals surface area contributed by atoms with Gasteiger partial charge in [-0.2, -0.15) is 9.61 Å². The van der Waals surface area contributed by atoms with Gasteiger partial charge in [-0.3, -0.25) is 0 Å². The smallest absolute Gasteiger partial charge is 0.420 e. The van der Waals surface area contributed by atoms with E-state index in [1.165, 1.54) is 4.90 Å². The van der Waals surface area contributed by atoms with Crippen molar-refractivity contribution < 1.29 is 9.53 Å². The number of benzene rings is 1. The highest BCUT2D eigenvalue weighted by molar-refractivity contribution is 6.30. The summed E-state index contributed by atoms with van der Waals surface area (Å²) in [6.07, 6.45) is 3.37. The number of ether oxygens (including phenoxy) is 1. The molecule has 0 atom stereocenters. The molecule has 7 nitrogen and oxygen atoms in total. The van der Waals surface area contributed by atoms with Gasteiger partial charge in [0.05, 0.1) is 12.8 Å². The maximum Gasteiger partial charge on any atom is 0.420 e. The van der Waals surface area contributed by atoms with Crippen LogP contribution in [0.1, 0.15) is 45.1 Å². The predicted molar refractivity (Wildman–Crippen MR) is 111 cm³/mol. The van der Waals surface area contributed by atoms with Crippen molar-refractivity contribution in [3.63, 3.8) is 0 Å². The summed E-state index contributed by atoms with van der Waals surface area (Å²) in [5.74, 6) is 0.829.